The number of hydrogen-bond donors (Lipinski definition) is 1. The Hall–Kier alpha value is -2.50. The van der Waals surface area contributed by atoms with E-state index in [1.165, 1.54) is 6.07 Å². The molecule has 3 aromatic rings. The summed E-state index contributed by atoms with van der Waals surface area (Å²) < 4.78 is 27.2. The number of para-hydroxylation sites is 1. The first kappa shape index (κ1) is 21.4. The summed E-state index contributed by atoms with van der Waals surface area (Å²) in [6.45, 7) is 0.389. The maximum Gasteiger partial charge on any atom is 0.175 e. The van der Waals surface area contributed by atoms with Crippen molar-refractivity contribution in [2.75, 3.05) is 12.4 Å². The van der Waals surface area contributed by atoms with Gasteiger partial charge in [-0.25, -0.2) is 4.39 Å². The smallest absolute Gasteiger partial charge is 0.175 e. The standard InChI is InChI=1S/C26H22BrClFNO2/c1-31-23-13-16(12-21(27)26(23)32-14-15-8-10-17(28)11-9-15)24-19-5-2-4-18(19)20-6-3-7-22(29)25(20)30-24/h2-4,6-13,18-19,24,30H,5,14H2,1H3/t18-,19+,24+/m1/s1. The van der Waals surface area contributed by atoms with Gasteiger partial charge in [-0.05, 0) is 75.3 Å². The normalized spacial score (nSPS) is 20.9. The van der Waals surface area contributed by atoms with Gasteiger partial charge in [0.1, 0.15) is 12.4 Å². The topological polar surface area (TPSA) is 30.5 Å². The highest BCUT2D eigenvalue weighted by Gasteiger charge is 2.39. The maximum atomic E-state index is 14.6. The molecule has 32 heavy (non-hydrogen) atoms. The van der Waals surface area contributed by atoms with E-state index in [2.05, 4.69) is 33.4 Å². The van der Waals surface area contributed by atoms with Gasteiger partial charge in [0.15, 0.2) is 11.5 Å². The Morgan fingerprint density at radius 2 is 1.97 bits per heavy atom. The first-order valence-corrected chi connectivity index (χ1v) is 11.7. The molecule has 0 saturated carbocycles. The van der Waals surface area contributed by atoms with Crippen molar-refractivity contribution in [2.24, 2.45) is 5.92 Å². The number of rotatable bonds is 5. The summed E-state index contributed by atoms with van der Waals surface area (Å²) in [5, 5.41) is 4.16. The van der Waals surface area contributed by atoms with Crippen LogP contribution in [-0.2, 0) is 6.61 Å². The number of nitrogens with one attached hydrogen (secondary N) is 1. The number of hydrogen-bond acceptors (Lipinski definition) is 3. The number of halogens is 3. The third-order valence-corrected chi connectivity index (χ3v) is 7.09. The second-order valence-corrected chi connectivity index (χ2v) is 9.42. The first-order chi connectivity index (χ1) is 15.5. The number of benzene rings is 3. The van der Waals surface area contributed by atoms with Crippen LogP contribution >= 0.6 is 27.5 Å². The average molecular weight is 515 g/mol. The molecule has 0 radical (unpaired) electrons. The molecule has 1 N–H and O–H groups in total. The predicted octanol–water partition coefficient (Wildman–Crippen LogP) is 7.66. The fraction of sp³-hybridized carbons (Fsp3) is 0.231. The maximum absolute atomic E-state index is 14.6. The molecule has 5 rings (SSSR count). The summed E-state index contributed by atoms with van der Waals surface area (Å²) in [5.74, 6) is 1.54. The van der Waals surface area contributed by atoms with Crippen molar-refractivity contribution in [3.8, 4) is 11.5 Å². The molecule has 0 aromatic heterocycles. The zero-order valence-corrected chi connectivity index (χ0v) is 19.8. The van der Waals surface area contributed by atoms with E-state index in [4.69, 9.17) is 21.1 Å². The van der Waals surface area contributed by atoms with Crippen LogP contribution in [0.15, 0.2) is 71.2 Å². The van der Waals surface area contributed by atoms with Crippen molar-refractivity contribution in [3.63, 3.8) is 0 Å². The SMILES string of the molecule is COc1cc([C@@H]2Nc3c(F)cccc3[C@@H]3C=CC[C@@H]32)cc(Br)c1OCc1ccc(Cl)cc1. The number of ether oxygens (including phenoxy) is 2. The van der Waals surface area contributed by atoms with Crippen LogP contribution in [-0.4, -0.2) is 7.11 Å². The van der Waals surface area contributed by atoms with E-state index in [9.17, 15) is 4.39 Å². The van der Waals surface area contributed by atoms with Crippen molar-refractivity contribution in [1.82, 2.24) is 0 Å². The molecule has 164 valence electrons. The van der Waals surface area contributed by atoms with Gasteiger partial charge in [-0.1, -0.05) is 48.0 Å². The van der Waals surface area contributed by atoms with Crippen molar-refractivity contribution in [2.45, 2.75) is 25.0 Å². The molecule has 0 unspecified atom stereocenters. The lowest BCUT2D eigenvalue weighted by Crippen LogP contribution is -2.29. The third kappa shape index (κ3) is 3.89. The molecular formula is C26H22BrClFNO2. The quantitative estimate of drug-likeness (QED) is 0.355. The van der Waals surface area contributed by atoms with Gasteiger partial charge in [0.05, 0.1) is 23.3 Å². The Morgan fingerprint density at radius 1 is 1.16 bits per heavy atom. The van der Waals surface area contributed by atoms with Gasteiger partial charge in [0, 0.05) is 10.9 Å². The van der Waals surface area contributed by atoms with Gasteiger partial charge in [-0.2, -0.15) is 0 Å². The van der Waals surface area contributed by atoms with Crippen LogP contribution in [0.2, 0.25) is 5.02 Å². The van der Waals surface area contributed by atoms with E-state index in [-0.39, 0.29) is 17.8 Å². The number of methoxy groups -OCH3 is 1. The second kappa shape index (κ2) is 8.80. The predicted molar refractivity (Wildman–Crippen MR) is 129 cm³/mol. The van der Waals surface area contributed by atoms with Crippen molar-refractivity contribution < 1.29 is 13.9 Å². The Balaban J connectivity index is 1.46. The lowest BCUT2D eigenvalue weighted by molar-refractivity contribution is 0.282. The molecule has 3 aromatic carbocycles. The van der Waals surface area contributed by atoms with Crippen LogP contribution in [0.25, 0.3) is 0 Å². The summed E-state index contributed by atoms with van der Waals surface area (Å²) in [6, 6.07) is 16.8. The molecule has 1 aliphatic heterocycles. The molecule has 0 spiro atoms. The highest BCUT2D eigenvalue weighted by atomic mass is 79.9. The van der Waals surface area contributed by atoms with Crippen molar-refractivity contribution in [3.05, 3.63) is 98.8 Å². The Morgan fingerprint density at radius 3 is 2.75 bits per heavy atom. The lowest BCUT2D eigenvalue weighted by atomic mass is 9.77. The van der Waals surface area contributed by atoms with E-state index in [0.29, 0.717) is 34.7 Å². The summed E-state index contributed by atoms with van der Waals surface area (Å²) in [7, 11) is 1.63. The Labute approximate surface area is 200 Å². The summed E-state index contributed by atoms with van der Waals surface area (Å²) >= 11 is 9.64. The molecule has 1 aliphatic carbocycles. The van der Waals surface area contributed by atoms with Crippen LogP contribution in [0.1, 0.15) is 35.1 Å². The van der Waals surface area contributed by atoms with Crippen LogP contribution in [0.4, 0.5) is 10.1 Å². The second-order valence-electron chi connectivity index (χ2n) is 8.13. The number of allylic oxidation sites excluding steroid dienone is 2. The van der Waals surface area contributed by atoms with Gasteiger partial charge in [-0.15, -0.1) is 0 Å². The fourth-order valence-electron chi connectivity index (χ4n) is 4.71. The van der Waals surface area contributed by atoms with Gasteiger partial charge in [0.25, 0.3) is 0 Å². The largest absolute Gasteiger partial charge is 0.493 e. The van der Waals surface area contributed by atoms with E-state index in [1.54, 1.807) is 13.2 Å². The molecule has 6 heteroatoms. The van der Waals surface area contributed by atoms with Crippen LogP contribution in [0.3, 0.4) is 0 Å². The third-order valence-electron chi connectivity index (χ3n) is 6.25. The molecule has 2 aliphatic rings. The lowest BCUT2D eigenvalue weighted by Gasteiger charge is -2.37. The Kier molecular flexibility index (Phi) is 5.87. The molecule has 1 heterocycles. The minimum absolute atomic E-state index is 0.0464. The van der Waals surface area contributed by atoms with Crippen LogP contribution in [0, 0.1) is 11.7 Å². The van der Waals surface area contributed by atoms with Gasteiger partial charge in [0.2, 0.25) is 0 Å². The molecule has 3 nitrogen and oxygen atoms in total. The molecule has 0 saturated heterocycles. The van der Waals surface area contributed by atoms with E-state index in [1.807, 2.05) is 42.5 Å². The Bertz CT molecular complexity index is 1180. The van der Waals surface area contributed by atoms with Crippen LogP contribution in [0.5, 0.6) is 11.5 Å². The monoisotopic (exact) mass is 513 g/mol. The minimum Gasteiger partial charge on any atom is -0.493 e. The summed E-state index contributed by atoms with van der Waals surface area (Å²) in [5.41, 5.74) is 3.64. The number of fused-ring (bicyclic) bond motifs is 3. The zero-order valence-electron chi connectivity index (χ0n) is 17.4. The molecular weight excluding hydrogens is 493 g/mol. The van der Waals surface area contributed by atoms with Crippen molar-refractivity contribution >= 4 is 33.2 Å². The summed E-state index contributed by atoms with van der Waals surface area (Å²) in [6.07, 6.45) is 5.33. The van der Waals surface area contributed by atoms with E-state index in [0.717, 1.165) is 27.6 Å². The fourth-order valence-corrected chi connectivity index (χ4v) is 5.41. The van der Waals surface area contributed by atoms with Crippen LogP contribution < -0.4 is 14.8 Å². The molecule has 0 fully saturated rings. The van der Waals surface area contributed by atoms with Crippen molar-refractivity contribution in [1.29, 1.82) is 0 Å². The average Bonchev–Trinajstić information content (AvgIpc) is 3.29. The van der Waals surface area contributed by atoms with Gasteiger partial charge < -0.3 is 14.8 Å². The number of anilines is 1. The molecule has 0 bridgehead atoms. The van der Waals surface area contributed by atoms with Gasteiger partial charge >= 0.3 is 0 Å². The summed E-state index contributed by atoms with van der Waals surface area (Å²) in [4.78, 5) is 0. The highest BCUT2D eigenvalue weighted by molar-refractivity contribution is 9.10. The van der Waals surface area contributed by atoms with E-state index >= 15 is 0 Å². The highest BCUT2D eigenvalue weighted by Crippen LogP contribution is 2.51. The minimum atomic E-state index is -0.222. The molecule has 3 atom stereocenters. The van der Waals surface area contributed by atoms with E-state index < -0.39 is 0 Å². The molecule has 0 amide bonds. The first-order valence-electron chi connectivity index (χ1n) is 10.5. The van der Waals surface area contributed by atoms with Gasteiger partial charge in [-0.3, -0.25) is 0 Å². The zero-order chi connectivity index (χ0) is 22.2.